The summed E-state index contributed by atoms with van der Waals surface area (Å²) in [4.78, 5) is 0. The molecule has 0 amide bonds. The first-order valence-electron chi connectivity index (χ1n) is 2.95. The van der Waals surface area contributed by atoms with Crippen LogP contribution in [0.2, 0.25) is 0 Å². The summed E-state index contributed by atoms with van der Waals surface area (Å²) in [5.74, 6) is 1.70. The molecule has 1 saturated heterocycles. The first-order valence-corrected chi connectivity index (χ1v) is 2.95. The summed E-state index contributed by atoms with van der Waals surface area (Å²) >= 11 is 0. The third kappa shape index (κ3) is 1.15. The van der Waals surface area contributed by atoms with E-state index in [4.69, 9.17) is 0 Å². The Balaban J connectivity index is 2.29. The molecule has 0 aromatic heterocycles. The lowest BCUT2D eigenvalue weighted by Gasteiger charge is -2.23. The van der Waals surface area contributed by atoms with E-state index < -0.39 is 0 Å². The van der Waals surface area contributed by atoms with E-state index in [0.29, 0.717) is 0 Å². The Kier molecular flexibility index (Phi) is 1.42. The minimum absolute atomic E-state index is 0.737. The Bertz CT molecular complexity index is 88.7. The molecule has 0 bridgehead atoms. The molecular weight excluding hydrogens is 100 g/mol. The van der Waals surface area contributed by atoms with Gasteiger partial charge in [0.2, 0.25) is 0 Å². The zero-order valence-corrected chi connectivity index (χ0v) is 5.20. The minimum atomic E-state index is 0.737. The molecule has 0 aliphatic carbocycles. The fourth-order valence-electron chi connectivity index (χ4n) is 0.730. The van der Waals surface area contributed by atoms with Crippen molar-refractivity contribution in [3.63, 3.8) is 0 Å². The van der Waals surface area contributed by atoms with Crippen LogP contribution in [-0.2, 0) is 0 Å². The maximum atomic E-state index is 3.73. The highest BCUT2D eigenvalue weighted by Gasteiger charge is 2.06. The zero-order valence-electron chi connectivity index (χ0n) is 5.20. The van der Waals surface area contributed by atoms with Crippen LogP contribution in [0.4, 0.5) is 0 Å². The van der Waals surface area contributed by atoms with Gasteiger partial charge in [-0.1, -0.05) is 13.5 Å². The van der Waals surface area contributed by atoms with Crippen molar-refractivity contribution in [3.8, 4) is 0 Å². The van der Waals surface area contributed by atoms with Crippen molar-refractivity contribution in [1.82, 2.24) is 10.6 Å². The number of nitrogens with one attached hydrogen (secondary N) is 2. The maximum Gasteiger partial charge on any atom is 0.0912 e. The van der Waals surface area contributed by atoms with Crippen molar-refractivity contribution in [2.45, 2.75) is 6.92 Å². The Labute approximate surface area is 50.0 Å². The third-order valence-electron chi connectivity index (χ3n) is 1.33. The fraction of sp³-hybridized carbons (Fsp3) is 0.667. The molecule has 0 aromatic rings. The molecule has 46 valence electrons. The van der Waals surface area contributed by atoms with Gasteiger partial charge in [0.25, 0.3) is 0 Å². The molecule has 2 nitrogen and oxygen atoms in total. The van der Waals surface area contributed by atoms with Crippen LogP contribution < -0.4 is 10.6 Å². The SMILES string of the molecule is C=C1NCC(C)CN1. The van der Waals surface area contributed by atoms with Crippen molar-refractivity contribution in [2.24, 2.45) is 5.92 Å². The van der Waals surface area contributed by atoms with Gasteiger partial charge in [-0.25, -0.2) is 0 Å². The lowest BCUT2D eigenvalue weighted by molar-refractivity contribution is 0.451. The lowest BCUT2D eigenvalue weighted by atomic mass is 10.1. The van der Waals surface area contributed by atoms with E-state index in [1.807, 2.05) is 0 Å². The number of hydrogen-bond donors (Lipinski definition) is 2. The highest BCUT2D eigenvalue weighted by Crippen LogP contribution is 1.96. The lowest BCUT2D eigenvalue weighted by Crippen LogP contribution is -2.40. The van der Waals surface area contributed by atoms with Gasteiger partial charge in [-0.05, 0) is 5.92 Å². The monoisotopic (exact) mass is 112 g/mol. The van der Waals surface area contributed by atoms with Gasteiger partial charge in [-0.3, -0.25) is 0 Å². The summed E-state index contributed by atoms with van der Waals surface area (Å²) in [6.07, 6.45) is 0. The van der Waals surface area contributed by atoms with Crippen LogP contribution in [0.1, 0.15) is 6.92 Å². The molecule has 1 aliphatic heterocycles. The molecular formula is C6H12N2. The zero-order chi connectivity index (χ0) is 5.98. The Morgan fingerprint density at radius 2 is 2.00 bits per heavy atom. The molecule has 0 saturated carbocycles. The average Bonchev–Trinajstić information content (AvgIpc) is 1.77. The molecule has 2 heteroatoms. The first kappa shape index (κ1) is 5.48. The van der Waals surface area contributed by atoms with Gasteiger partial charge >= 0.3 is 0 Å². The van der Waals surface area contributed by atoms with Gasteiger partial charge in [0, 0.05) is 13.1 Å². The smallest absolute Gasteiger partial charge is 0.0912 e. The van der Waals surface area contributed by atoms with Crippen LogP contribution in [0.3, 0.4) is 0 Å². The standard InChI is InChI=1S/C6H12N2/c1-5-3-7-6(2)8-4-5/h5,7-8H,2-4H2,1H3. The molecule has 0 spiro atoms. The van der Waals surface area contributed by atoms with Crippen LogP contribution >= 0.6 is 0 Å². The summed E-state index contributed by atoms with van der Waals surface area (Å²) in [7, 11) is 0. The molecule has 0 unspecified atom stereocenters. The van der Waals surface area contributed by atoms with Gasteiger partial charge in [0.15, 0.2) is 0 Å². The summed E-state index contributed by atoms with van der Waals surface area (Å²) in [5.41, 5.74) is 0. The Morgan fingerprint density at radius 3 is 2.38 bits per heavy atom. The summed E-state index contributed by atoms with van der Waals surface area (Å²) < 4.78 is 0. The highest BCUT2D eigenvalue weighted by molar-refractivity contribution is 4.92. The van der Waals surface area contributed by atoms with Crippen LogP contribution in [0.5, 0.6) is 0 Å². The van der Waals surface area contributed by atoms with Crippen LogP contribution in [0, 0.1) is 5.92 Å². The predicted molar refractivity (Wildman–Crippen MR) is 34.3 cm³/mol. The van der Waals surface area contributed by atoms with Crippen molar-refractivity contribution < 1.29 is 0 Å². The largest absolute Gasteiger partial charge is 0.372 e. The van der Waals surface area contributed by atoms with Crippen molar-refractivity contribution >= 4 is 0 Å². The normalized spacial score (nSPS) is 21.9. The second-order valence-corrected chi connectivity index (χ2v) is 2.35. The third-order valence-corrected chi connectivity index (χ3v) is 1.33. The van der Waals surface area contributed by atoms with Crippen molar-refractivity contribution in [1.29, 1.82) is 0 Å². The highest BCUT2D eigenvalue weighted by atomic mass is 15.1. The Morgan fingerprint density at radius 1 is 1.50 bits per heavy atom. The second kappa shape index (κ2) is 2.07. The molecule has 0 atom stereocenters. The van der Waals surface area contributed by atoms with Crippen molar-refractivity contribution in [2.75, 3.05) is 13.1 Å². The quantitative estimate of drug-likeness (QED) is 0.470. The minimum Gasteiger partial charge on any atom is -0.372 e. The average molecular weight is 112 g/mol. The molecule has 8 heavy (non-hydrogen) atoms. The topological polar surface area (TPSA) is 24.1 Å². The van der Waals surface area contributed by atoms with E-state index in [2.05, 4.69) is 24.1 Å². The molecule has 1 aliphatic rings. The van der Waals surface area contributed by atoms with E-state index in [0.717, 1.165) is 24.8 Å². The molecule has 1 heterocycles. The van der Waals surface area contributed by atoms with E-state index in [1.165, 1.54) is 0 Å². The second-order valence-electron chi connectivity index (χ2n) is 2.35. The summed E-state index contributed by atoms with van der Waals surface area (Å²) in [6.45, 7) is 8.05. The predicted octanol–water partition coefficient (Wildman–Crippen LogP) is 0.286. The van der Waals surface area contributed by atoms with Crippen LogP contribution in [-0.4, -0.2) is 13.1 Å². The first-order chi connectivity index (χ1) is 3.79. The molecule has 0 aromatic carbocycles. The van der Waals surface area contributed by atoms with Crippen molar-refractivity contribution in [3.05, 3.63) is 12.4 Å². The fourth-order valence-corrected chi connectivity index (χ4v) is 0.730. The van der Waals surface area contributed by atoms with Crippen LogP contribution in [0.15, 0.2) is 12.4 Å². The summed E-state index contributed by atoms with van der Waals surface area (Å²) in [5, 5.41) is 6.25. The number of hydrogen-bond acceptors (Lipinski definition) is 2. The van der Waals surface area contributed by atoms with E-state index in [-0.39, 0.29) is 0 Å². The van der Waals surface area contributed by atoms with Gasteiger partial charge in [0.05, 0.1) is 5.82 Å². The van der Waals surface area contributed by atoms with Gasteiger partial charge in [0.1, 0.15) is 0 Å². The van der Waals surface area contributed by atoms with Gasteiger partial charge in [-0.2, -0.15) is 0 Å². The van der Waals surface area contributed by atoms with E-state index in [1.54, 1.807) is 0 Å². The van der Waals surface area contributed by atoms with Gasteiger partial charge < -0.3 is 10.6 Å². The van der Waals surface area contributed by atoms with Gasteiger partial charge in [-0.15, -0.1) is 0 Å². The van der Waals surface area contributed by atoms with E-state index in [9.17, 15) is 0 Å². The maximum absolute atomic E-state index is 3.73. The van der Waals surface area contributed by atoms with E-state index >= 15 is 0 Å². The summed E-state index contributed by atoms with van der Waals surface area (Å²) in [6, 6.07) is 0. The molecule has 2 N–H and O–H groups in total. The molecule has 1 fully saturated rings. The Hall–Kier alpha value is -0.660. The number of rotatable bonds is 0. The van der Waals surface area contributed by atoms with Crippen LogP contribution in [0.25, 0.3) is 0 Å². The molecule has 0 radical (unpaired) electrons. The molecule has 1 rings (SSSR count).